The Kier molecular flexibility index (Phi) is 6.55. The van der Waals surface area contributed by atoms with Gasteiger partial charge < -0.3 is 15.1 Å². The van der Waals surface area contributed by atoms with Crippen LogP contribution in [0.3, 0.4) is 0 Å². The van der Waals surface area contributed by atoms with Gasteiger partial charge >= 0.3 is 0 Å². The molecule has 0 aliphatic carbocycles. The van der Waals surface area contributed by atoms with Crippen molar-refractivity contribution < 1.29 is 0 Å². The van der Waals surface area contributed by atoms with Crippen LogP contribution in [0.15, 0.2) is 119 Å². The van der Waals surface area contributed by atoms with Crippen molar-refractivity contribution >= 4 is 40.2 Å². The third kappa shape index (κ3) is 4.34. The molecule has 1 aromatic heterocycles. The average molecular weight is 552 g/mol. The van der Waals surface area contributed by atoms with Crippen LogP contribution in [0.2, 0.25) is 0 Å². The highest BCUT2D eigenvalue weighted by Crippen LogP contribution is 2.48. The molecule has 0 amide bonds. The van der Waals surface area contributed by atoms with Crippen LogP contribution in [0.5, 0.6) is 0 Å². The molecule has 208 valence electrons. The van der Waals surface area contributed by atoms with Crippen LogP contribution >= 0.6 is 0 Å². The lowest BCUT2D eigenvalue weighted by Crippen LogP contribution is -2.46. The van der Waals surface area contributed by atoms with Crippen molar-refractivity contribution in [2.75, 3.05) is 28.2 Å². The first-order valence-electron chi connectivity index (χ1n) is 14.5. The zero-order valence-electron chi connectivity index (χ0n) is 24.1. The molecule has 0 fully saturated rings. The molecule has 42 heavy (non-hydrogen) atoms. The lowest BCUT2D eigenvalue weighted by atomic mass is 9.93. The Hall–Kier alpha value is -5.17. The second-order valence-electron chi connectivity index (χ2n) is 10.5. The van der Waals surface area contributed by atoms with E-state index in [1.54, 1.807) is 0 Å². The van der Waals surface area contributed by atoms with Crippen LogP contribution < -0.4 is 15.1 Å². The number of aryl methyl sites for hydroxylation is 1. The van der Waals surface area contributed by atoms with E-state index in [0.717, 1.165) is 58.7 Å². The number of amidine groups is 2. The summed E-state index contributed by atoms with van der Waals surface area (Å²) < 4.78 is 1.96. The molecule has 2 aliphatic rings. The SMILES string of the molecule is CCN(CC)c1ccc(NC2=Nc3ccccc3N3C2=Nc2c(c(C)nn2-c2ccccc2)[C@@H]3c2ccccc2)cc1. The summed E-state index contributed by atoms with van der Waals surface area (Å²) in [5, 5.41) is 8.64. The summed E-state index contributed by atoms with van der Waals surface area (Å²) in [7, 11) is 0. The molecule has 4 aromatic carbocycles. The minimum atomic E-state index is -0.135. The molecule has 1 atom stereocenters. The number of aliphatic imine (C=N–C) groups is 2. The van der Waals surface area contributed by atoms with E-state index in [9.17, 15) is 0 Å². The standard InChI is InChI=1S/C35H33N7/c1-4-40(5-2)27-22-20-26(21-23-27)36-33-35-38-34-31(24(3)39-42(34)28-16-10-7-11-17-28)32(25-14-8-6-9-15-25)41(35)30-19-13-12-18-29(30)37-33/h6-23,32H,4-5H2,1-3H3,(H,36,37)/t32-/m0/s1. The second-order valence-corrected chi connectivity index (χ2v) is 10.5. The number of hydrogen-bond acceptors (Lipinski definition) is 6. The summed E-state index contributed by atoms with van der Waals surface area (Å²) in [5.74, 6) is 2.29. The normalized spacial score (nSPS) is 15.2. The summed E-state index contributed by atoms with van der Waals surface area (Å²) in [5.41, 5.74) is 8.26. The molecule has 0 unspecified atom stereocenters. The molecular formula is C35H33N7. The van der Waals surface area contributed by atoms with Crippen LogP contribution in [0.1, 0.15) is 36.7 Å². The first-order chi connectivity index (χ1) is 20.7. The number of benzene rings is 4. The fourth-order valence-corrected chi connectivity index (χ4v) is 5.98. The summed E-state index contributed by atoms with van der Waals surface area (Å²) in [6.07, 6.45) is 0. The maximum Gasteiger partial charge on any atom is 0.179 e. The lowest BCUT2D eigenvalue weighted by molar-refractivity contribution is 0.815. The minimum absolute atomic E-state index is 0.135. The van der Waals surface area contributed by atoms with Crippen LogP contribution in [0.4, 0.5) is 28.6 Å². The van der Waals surface area contributed by atoms with Crippen molar-refractivity contribution in [1.29, 1.82) is 0 Å². The zero-order chi connectivity index (χ0) is 28.6. The third-order valence-corrected chi connectivity index (χ3v) is 8.01. The second kappa shape index (κ2) is 10.7. The molecule has 0 spiro atoms. The highest BCUT2D eigenvalue weighted by atomic mass is 15.4. The number of fused-ring (bicyclic) bond motifs is 4. The molecule has 7 heteroatoms. The fourth-order valence-electron chi connectivity index (χ4n) is 5.98. The van der Waals surface area contributed by atoms with Crippen LogP contribution in [-0.2, 0) is 0 Å². The van der Waals surface area contributed by atoms with Gasteiger partial charge in [0.05, 0.1) is 28.8 Å². The number of nitrogens with zero attached hydrogens (tertiary/aromatic N) is 6. The van der Waals surface area contributed by atoms with Gasteiger partial charge in [-0.1, -0.05) is 60.7 Å². The molecule has 5 aromatic rings. The predicted molar refractivity (Wildman–Crippen MR) is 173 cm³/mol. The van der Waals surface area contributed by atoms with Crippen molar-refractivity contribution in [3.05, 3.63) is 126 Å². The Morgan fingerprint density at radius 3 is 2.14 bits per heavy atom. The molecule has 0 saturated carbocycles. The van der Waals surface area contributed by atoms with Crippen LogP contribution in [0.25, 0.3) is 5.69 Å². The van der Waals surface area contributed by atoms with Gasteiger partial charge in [-0.2, -0.15) is 5.10 Å². The Labute approximate surface area is 246 Å². The molecular weight excluding hydrogens is 518 g/mol. The highest BCUT2D eigenvalue weighted by Gasteiger charge is 2.41. The molecule has 0 saturated heterocycles. The number of anilines is 3. The van der Waals surface area contributed by atoms with Gasteiger partial charge in [-0.15, -0.1) is 0 Å². The number of nitrogens with one attached hydrogen (secondary N) is 1. The number of aromatic nitrogens is 2. The van der Waals surface area contributed by atoms with Crippen molar-refractivity contribution in [1.82, 2.24) is 9.78 Å². The van der Waals surface area contributed by atoms with Gasteiger partial charge in [0.2, 0.25) is 0 Å². The Balaban J connectivity index is 1.41. The van der Waals surface area contributed by atoms with Crippen LogP contribution in [-0.4, -0.2) is 34.5 Å². The Morgan fingerprint density at radius 1 is 0.762 bits per heavy atom. The van der Waals surface area contributed by atoms with Gasteiger partial charge in [-0.05, 0) is 74.9 Å². The van der Waals surface area contributed by atoms with Gasteiger partial charge in [-0.3, -0.25) is 0 Å². The van der Waals surface area contributed by atoms with E-state index in [2.05, 4.69) is 121 Å². The fraction of sp³-hybridized carbons (Fsp3) is 0.171. The maximum absolute atomic E-state index is 5.33. The molecule has 7 nitrogen and oxygen atoms in total. The average Bonchev–Trinajstić information content (AvgIpc) is 3.38. The summed E-state index contributed by atoms with van der Waals surface area (Å²) in [6, 6.07) is 37.5. The third-order valence-electron chi connectivity index (χ3n) is 8.01. The monoisotopic (exact) mass is 551 g/mol. The molecule has 1 N–H and O–H groups in total. The molecule has 7 rings (SSSR count). The highest BCUT2D eigenvalue weighted by molar-refractivity contribution is 6.51. The smallest absolute Gasteiger partial charge is 0.179 e. The van der Waals surface area contributed by atoms with E-state index in [0.29, 0.717) is 5.84 Å². The van der Waals surface area contributed by atoms with E-state index in [4.69, 9.17) is 15.1 Å². The molecule has 2 aliphatic heterocycles. The van der Waals surface area contributed by atoms with Gasteiger partial charge in [0.25, 0.3) is 0 Å². The van der Waals surface area contributed by atoms with Gasteiger partial charge in [0, 0.05) is 30.0 Å². The summed E-state index contributed by atoms with van der Waals surface area (Å²) >= 11 is 0. The summed E-state index contributed by atoms with van der Waals surface area (Å²) in [4.78, 5) is 15.1. The van der Waals surface area contributed by atoms with E-state index < -0.39 is 0 Å². The summed E-state index contributed by atoms with van der Waals surface area (Å²) in [6.45, 7) is 8.37. The molecule has 3 heterocycles. The zero-order valence-corrected chi connectivity index (χ0v) is 24.1. The van der Waals surface area contributed by atoms with Gasteiger partial charge in [0.15, 0.2) is 17.5 Å². The molecule has 0 radical (unpaired) electrons. The number of rotatable bonds is 6. The Morgan fingerprint density at radius 2 is 1.43 bits per heavy atom. The Bertz CT molecular complexity index is 1780. The largest absolute Gasteiger partial charge is 0.372 e. The van der Waals surface area contributed by atoms with Crippen molar-refractivity contribution in [2.45, 2.75) is 26.8 Å². The van der Waals surface area contributed by atoms with E-state index in [1.807, 2.05) is 28.9 Å². The van der Waals surface area contributed by atoms with E-state index in [1.165, 1.54) is 11.3 Å². The van der Waals surface area contributed by atoms with Gasteiger partial charge in [0.1, 0.15) is 0 Å². The lowest BCUT2D eigenvalue weighted by Gasteiger charge is -2.40. The predicted octanol–water partition coefficient (Wildman–Crippen LogP) is 7.82. The van der Waals surface area contributed by atoms with Crippen molar-refractivity contribution in [2.24, 2.45) is 9.98 Å². The first kappa shape index (κ1) is 25.8. The number of para-hydroxylation sites is 3. The first-order valence-corrected chi connectivity index (χ1v) is 14.5. The van der Waals surface area contributed by atoms with Gasteiger partial charge in [-0.25, -0.2) is 14.7 Å². The van der Waals surface area contributed by atoms with E-state index >= 15 is 0 Å². The topological polar surface area (TPSA) is 61.0 Å². The number of hydrogen-bond donors (Lipinski definition) is 1. The quantitative estimate of drug-likeness (QED) is 0.234. The van der Waals surface area contributed by atoms with Crippen molar-refractivity contribution in [3.8, 4) is 5.69 Å². The van der Waals surface area contributed by atoms with E-state index in [-0.39, 0.29) is 6.04 Å². The maximum atomic E-state index is 5.33. The van der Waals surface area contributed by atoms with Crippen LogP contribution in [0, 0.1) is 6.92 Å². The minimum Gasteiger partial charge on any atom is -0.372 e. The molecule has 0 bridgehead atoms. The van der Waals surface area contributed by atoms with Crippen molar-refractivity contribution in [3.63, 3.8) is 0 Å².